The normalized spacial score (nSPS) is 12.4. The minimum absolute atomic E-state index is 0.145. The number of halogens is 2. The van der Waals surface area contributed by atoms with Crippen LogP contribution >= 0.6 is 31.9 Å². The summed E-state index contributed by atoms with van der Waals surface area (Å²) in [6, 6.07) is 10.6. The third-order valence-corrected chi connectivity index (χ3v) is 3.69. The summed E-state index contributed by atoms with van der Waals surface area (Å²) in [5.74, 6) is 0. The van der Waals surface area contributed by atoms with E-state index in [1.54, 1.807) is 0 Å². The molecule has 0 aliphatic carbocycles. The smallest absolute Gasteiger partial charge is 0.0590 e. The summed E-state index contributed by atoms with van der Waals surface area (Å²) >= 11 is 7.04. The van der Waals surface area contributed by atoms with E-state index in [1.165, 1.54) is 5.56 Å². The molecule has 1 unspecified atom stereocenters. The second kappa shape index (κ2) is 5.95. The molecule has 1 aromatic heterocycles. The molecule has 1 heterocycles. The Morgan fingerprint density at radius 1 is 1.06 bits per heavy atom. The van der Waals surface area contributed by atoms with E-state index < -0.39 is 0 Å². The molecular formula is C14H14Br2N2. The maximum atomic E-state index is 4.35. The van der Waals surface area contributed by atoms with Crippen LogP contribution in [-0.4, -0.2) is 12.0 Å². The lowest BCUT2D eigenvalue weighted by molar-refractivity contribution is 0.687. The van der Waals surface area contributed by atoms with Crippen LogP contribution in [0.2, 0.25) is 0 Å². The summed E-state index contributed by atoms with van der Waals surface area (Å²) in [5.41, 5.74) is 3.39. The number of rotatable bonds is 3. The molecule has 0 bridgehead atoms. The molecule has 94 valence electrons. The average Bonchev–Trinajstić information content (AvgIpc) is 2.31. The number of pyridine rings is 1. The standard InChI is InChI=1S/C14H14Br2N2/c1-9-3-4-10(8-18-9)14(17-2)11-5-12(15)7-13(16)6-11/h3-8,14,17H,1-2H3. The first-order valence-electron chi connectivity index (χ1n) is 5.66. The van der Waals surface area contributed by atoms with Gasteiger partial charge in [0.15, 0.2) is 0 Å². The first-order chi connectivity index (χ1) is 8.60. The van der Waals surface area contributed by atoms with E-state index in [2.05, 4.69) is 60.4 Å². The van der Waals surface area contributed by atoms with E-state index in [4.69, 9.17) is 0 Å². The fourth-order valence-electron chi connectivity index (χ4n) is 1.92. The number of nitrogens with zero attached hydrogens (tertiary/aromatic N) is 1. The van der Waals surface area contributed by atoms with Crippen LogP contribution in [0.4, 0.5) is 0 Å². The predicted molar refractivity (Wildman–Crippen MR) is 81.7 cm³/mol. The molecule has 1 aromatic carbocycles. The number of aromatic nitrogens is 1. The largest absolute Gasteiger partial charge is 0.309 e. The number of hydrogen-bond acceptors (Lipinski definition) is 2. The maximum absolute atomic E-state index is 4.35. The topological polar surface area (TPSA) is 24.9 Å². The Hall–Kier alpha value is -0.710. The molecule has 0 radical (unpaired) electrons. The zero-order valence-electron chi connectivity index (χ0n) is 10.2. The van der Waals surface area contributed by atoms with E-state index in [-0.39, 0.29) is 6.04 Å². The fraction of sp³-hybridized carbons (Fsp3) is 0.214. The van der Waals surface area contributed by atoms with Gasteiger partial charge < -0.3 is 5.32 Å². The van der Waals surface area contributed by atoms with Crippen molar-refractivity contribution in [2.45, 2.75) is 13.0 Å². The van der Waals surface area contributed by atoms with Crippen molar-refractivity contribution < 1.29 is 0 Å². The van der Waals surface area contributed by atoms with Gasteiger partial charge in [0.2, 0.25) is 0 Å². The number of benzene rings is 1. The molecule has 2 aromatic rings. The van der Waals surface area contributed by atoms with Crippen molar-refractivity contribution in [1.82, 2.24) is 10.3 Å². The lowest BCUT2D eigenvalue weighted by atomic mass is 10.0. The Labute approximate surface area is 124 Å². The number of hydrogen-bond donors (Lipinski definition) is 1. The lowest BCUT2D eigenvalue weighted by Crippen LogP contribution is -2.18. The average molecular weight is 370 g/mol. The van der Waals surface area contributed by atoms with E-state index in [9.17, 15) is 0 Å². The van der Waals surface area contributed by atoms with Crippen molar-refractivity contribution in [3.8, 4) is 0 Å². The molecule has 2 nitrogen and oxygen atoms in total. The molecule has 2 rings (SSSR count). The lowest BCUT2D eigenvalue weighted by Gasteiger charge is -2.17. The second-order valence-electron chi connectivity index (χ2n) is 4.16. The molecule has 18 heavy (non-hydrogen) atoms. The minimum Gasteiger partial charge on any atom is -0.309 e. The van der Waals surface area contributed by atoms with Gasteiger partial charge in [0.25, 0.3) is 0 Å². The maximum Gasteiger partial charge on any atom is 0.0590 e. The SMILES string of the molecule is CNC(c1ccc(C)nc1)c1cc(Br)cc(Br)c1. The van der Waals surface area contributed by atoms with Crippen molar-refractivity contribution in [2.75, 3.05) is 7.05 Å². The molecule has 0 saturated heterocycles. The van der Waals surface area contributed by atoms with Gasteiger partial charge in [-0.15, -0.1) is 0 Å². The van der Waals surface area contributed by atoms with Crippen molar-refractivity contribution in [2.24, 2.45) is 0 Å². The first kappa shape index (κ1) is 13.7. The minimum atomic E-state index is 0.145. The van der Waals surface area contributed by atoms with E-state index in [1.807, 2.05) is 32.3 Å². The zero-order valence-corrected chi connectivity index (χ0v) is 13.4. The van der Waals surface area contributed by atoms with Crippen molar-refractivity contribution in [3.63, 3.8) is 0 Å². The Morgan fingerprint density at radius 3 is 2.22 bits per heavy atom. The third kappa shape index (κ3) is 3.19. The first-order valence-corrected chi connectivity index (χ1v) is 7.24. The fourth-order valence-corrected chi connectivity index (χ4v) is 3.25. The highest BCUT2D eigenvalue weighted by molar-refractivity contribution is 9.11. The molecule has 1 atom stereocenters. The van der Waals surface area contributed by atoms with Gasteiger partial charge in [-0.2, -0.15) is 0 Å². The Kier molecular flexibility index (Phi) is 4.54. The highest BCUT2D eigenvalue weighted by Gasteiger charge is 2.13. The quantitative estimate of drug-likeness (QED) is 0.875. The molecule has 0 fully saturated rings. The summed E-state index contributed by atoms with van der Waals surface area (Å²) in [6.45, 7) is 1.99. The predicted octanol–water partition coefficient (Wildman–Crippen LogP) is 4.22. The molecular weight excluding hydrogens is 356 g/mol. The van der Waals surface area contributed by atoms with Gasteiger partial charge in [-0.1, -0.05) is 37.9 Å². The van der Waals surface area contributed by atoms with Crippen LogP contribution in [0.15, 0.2) is 45.5 Å². The van der Waals surface area contributed by atoms with Crippen molar-refractivity contribution in [3.05, 3.63) is 62.3 Å². The van der Waals surface area contributed by atoms with Crippen LogP contribution in [0.25, 0.3) is 0 Å². The highest BCUT2D eigenvalue weighted by Crippen LogP contribution is 2.27. The van der Waals surface area contributed by atoms with Gasteiger partial charge in [-0.05, 0) is 49.4 Å². The van der Waals surface area contributed by atoms with Gasteiger partial charge in [0, 0.05) is 20.8 Å². The monoisotopic (exact) mass is 368 g/mol. The van der Waals surface area contributed by atoms with Gasteiger partial charge in [-0.3, -0.25) is 4.98 Å². The summed E-state index contributed by atoms with van der Waals surface area (Å²) in [6.07, 6.45) is 1.92. The van der Waals surface area contributed by atoms with Gasteiger partial charge >= 0.3 is 0 Å². The number of aryl methyl sites for hydroxylation is 1. The van der Waals surface area contributed by atoms with E-state index >= 15 is 0 Å². The van der Waals surface area contributed by atoms with E-state index in [0.29, 0.717) is 0 Å². The number of nitrogens with one attached hydrogen (secondary N) is 1. The molecule has 0 aliphatic heterocycles. The summed E-state index contributed by atoms with van der Waals surface area (Å²) < 4.78 is 2.12. The van der Waals surface area contributed by atoms with Crippen LogP contribution in [0.5, 0.6) is 0 Å². The Bertz CT molecular complexity index is 518. The Morgan fingerprint density at radius 2 is 1.72 bits per heavy atom. The molecule has 1 N–H and O–H groups in total. The van der Waals surface area contributed by atoms with Crippen LogP contribution in [0, 0.1) is 6.92 Å². The van der Waals surface area contributed by atoms with Gasteiger partial charge in [0.05, 0.1) is 6.04 Å². The van der Waals surface area contributed by atoms with Crippen LogP contribution in [0.1, 0.15) is 22.9 Å². The molecule has 4 heteroatoms. The van der Waals surface area contributed by atoms with E-state index in [0.717, 1.165) is 20.2 Å². The molecule has 0 spiro atoms. The van der Waals surface area contributed by atoms with Crippen molar-refractivity contribution in [1.29, 1.82) is 0 Å². The Balaban J connectivity index is 2.41. The van der Waals surface area contributed by atoms with Crippen LogP contribution in [0.3, 0.4) is 0 Å². The second-order valence-corrected chi connectivity index (χ2v) is 5.99. The summed E-state index contributed by atoms with van der Waals surface area (Å²) in [7, 11) is 1.96. The molecule has 0 aliphatic rings. The third-order valence-electron chi connectivity index (χ3n) is 2.77. The van der Waals surface area contributed by atoms with Crippen molar-refractivity contribution >= 4 is 31.9 Å². The van der Waals surface area contributed by atoms with Crippen LogP contribution < -0.4 is 5.32 Å². The van der Waals surface area contributed by atoms with Crippen LogP contribution in [-0.2, 0) is 0 Å². The van der Waals surface area contributed by atoms with Gasteiger partial charge in [0.1, 0.15) is 0 Å². The highest BCUT2D eigenvalue weighted by atomic mass is 79.9. The van der Waals surface area contributed by atoms with Gasteiger partial charge in [-0.25, -0.2) is 0 Å². The molecule has 0 amide bonds. The molecule has 0 saturated carbocycles. The summed E-state index contributed by atoms with van der Waals surface area (Å²) in [4.78, 5) is 4.35. The summed E-state index contributed by atoms with van der Waals surface area (Å²) in [5, 5.41) is 3.33. The zero-order chi connectivity index (χ0) is 13.1.